The molecule has 2 aromatic rings. The van der Waals surface area contributed by atoms with Gasteiger partial charge in [0.15, 0.2) is 11.6 Å². The lowest BCUT2D eigenvalue weighted by molar-refractivity contribution is 0.212. The third-order valence-corrected chi connectivity index (χ3v) is 3.78. The molecule has 0 spiro atoms. The van der Waals surface area contributed by atoms with Gasteiger partial charge in [0.05, 0.1) is 0 Å². The van der Waals surface area contributed by atoms with Crippen LogP contribution in [-0.2, 0) is 0 Å². The van der Waals surface area contributed by atoms with Crippen LogP contribution in [0.2, 0.25) is 0 Å². The summed E-state index contributed by atoms with van der Waals surface area (Å²) in [5, 5.41) is 10.4. The maximum atomic E-state index is 14.0. The topological polar surface area (TPSA) is 20.2 Å². The molecular weight excluding hydrogens is 258 g/mol. The van der Waals surface area contributed by atoms with Gasteiger partial charge < -0.3 is 5.11 Å². The largest absolute Gasteiger partial charge is 0.384 e. The van der Waals surface area contributed by atoms with Gasteiger partial charge in [-0.25, -0.2) is 8.78 Å². The van der Waals surface area contributed by atoms with Crippen molar-refractivity contribution >= 4 is 0 Å². The molecule has 20 heavy (non-hydrogen) atoms. The van der Waals surface area contributed by atoms with Gasteiger partial charge in [0.25, 0.3) is 0 Å². The lowest BCUT2D eigenvalue weighted by atomic mass is 9.93. The fraction of sp³-hybridized carbons (Fsp3) is 0.294. The predicted octanol–water partition coefficient (Wildman–Crippen LogP) is 4.28. The number of aliphatic hydroxyl groups excluding tert-OH is 1. The minimum absolute atomic E-state index is 0.0283. The van der Waals surface area contributed by atoms with E-state index in [1.54, 1.807) is 0 Å². The van der Waals surface area contributed by atoms with Gasteiger partial charge in [-0.15, -0.1) is 0 Å². The van der Waals surface area contributed by atoms with E-state index in [1.165, 1.54) is 19.1 Å². The molecule has 0 saturated heterocycles. The lowest BCUT2D eigenvalue weighted by Crippen LogP contribution is -2.07. The van der Waals surface area contributed by atoms with Gasteiger partial charge in [-0.05, 0) is 55.5 Å². The minimum atomic E-state index is -1.16. The summed E-state index contributed by atoms with van der Waals surface area (Å²) < 4.78 is 27.6. The van der Waals surface area contributed by atoms with Crippen LogP contribution in [-0.4, -0.2) is 5.11 Å². The molecule has 0 bridgehead atoms. The molecule has 0 aliphatic rings. The highest BCUT2D eigenvalue weighted by Gasteiger charge is 2.20. The Labute approximate surface area is 117 Å². The average molecular weight is 276 g/mol. The van der Waals surface area contributed by atoms with E-state index < -0.39 is 17.7 Å². The van der Waals surface area contributed by atoms with E-state index in [-0.39, 0.29) is 11.1 Å². The number of hydrogen-bond donors (Lipinski definition) is 1. The summed E-state index contributed by atoms with van der Waals surface area (Å²) in [7, 11) is 0. The lowest BCUT2D eigenvalue weighted by Gasteiger charge is -2.17. The van der Waals surface area contributed by atoms with Crippen LogP contribution >= 0.6 is 0 Å². The Kier molecular flexibility index (Phi) is 3.91. The second kappa shape index (κ2) is 5.33. The quantitative estimate of drug-likeness (QED) is 0.868. The summed E-state index contributed by atoms with van der Waals surface area (Å²) in [5.41, 5.74) is 3.79. The van der Waals surface area contributed by atoms with Crippen molar-refractivity contribution in [3.8, 4) is 0 Å². The average Bonchev–Trinajstić information content (AvgIpc) is 2.40. The fourth-order valence-corrected chi connectivity index (χ4v) is 2.32. The van der Waals surface area contributed by atoms with Crippen molar-refractivity contribution in [1.29, 1.82) is 0 Å². The maximum absolute atomic E-state index is 14.0. The molecule has 106 valence electrons. The summed E-state index contributed by atoms with van der Waals surface area (Å²) in [5.74, 6) is -1.88. The molecule has 0 aliphatic carbocycles. The number of aliphatic hydroxyl groups is 1. The van der Waals surface area contributed by atoms with E-state index in [4.69, 9.17) is 0 Å². The van der Waals surface area contributed by atoms with E-state index >= 15 is 0 Å². The van der Waals surface area contributed by atoms with Gasteiger partial charge in [0.1, 0.15) is 6.10 Å². The Morgan fingerprint density at radius 2 is 1.35 bits per heavy atom. The molecule has 0 aliphatic heterocycles. The van der Waals surface area contributed by atoms with Crippen LogP contribution in [0, 0.1) is 39.3 Å². The summed E-state index contributed by atoms with van der Waals surface area (Å²) in [4.78, 5) is 0. The van der Waals surface area contributed by atoms with Crippen molar-refractivity contribution in [3.63, 3.8) is 0 Å². The first-order valence-electron chi connectivity index (χ1n) is 6.53. The van der Waals surface area contributed by atoms with Gasteiger partial charge in [-0.3, -0.25) is 0 Å². The van der Waals surface area contributed by atoms with Crippen LogP contribution in [0.25, 0.3) is 0 Å². The second-order valence-corrected chi connectivity index (χ2v) is 5.30. The van der Waals surface area contributed by atoms with Crippen LogP contribution in [0.1, 0.15) is 39.5 Å². The fourth-order valence-electron chi connectivity index (χ4n) is 2.32. The molecule has 0 saturated carbocycles. The highest BCUT2D eigenvalue weighted by atomic mass is 19.2. The predicted molar refractivity (Wildman–Crippen MR) is 75.8 cm³/mol. The SMILES string of the molecule is Cc1cc(C)c(C(O)c2ccc(C)c(F)c2F)cc1C. The number of hydrogen-bond acceptors (Lipinski definition) is 1. The summed E-state index contributed by atoms with van der Waals surface area (Å²) in [6.45, 7) is 7.25. The van der Waals surface area contributed by atoms with Crippen LogP contribution in [0.3, 0.4) is 0 Å². The molecule has 2 aromatic carbocycles. The van der Waals surface area contributed by atoms with Crippen LogP contribution in [0.15, 0.2) is 24.3 Å². The number of halogens is 2. The van der Waals surface area contributed by atoms with E-state index in [0.29, 0.717) is 5.56 Å². The van der Waals surface area contributed by atoms with E-state index in [2.05, 4.69) is 0 Å². The van der Waals surface area contributed by atoms with Crippen molar-refractivity contribution < 1.29 is 13.9 Å². The van der Waals surface area contributed by atoms with Crippen molar-refractivity contribution in [2.24, 2.45) is 0 Å². The molecule has 0 heterocycles. The molecule has 1 N–H and O–H groups in total. The molecular formula is C17H18F2O. The first kappa shape index (κ1) is 14.7. The van der Waals surface area contributed by atoms with E-state index in [9.17, 15) is 13.9 Å². The number of rotatable bonds is 2. The normalized spacial score (nSPS) is 12.6. The zero-order valence-corrected chi connectivity index (χ0v) is 12.1. The van der Waals surface area contributed by atoms with Crippen molar-refractivity contribution in [3.05, 3.63) is 69.3 Å². The summed E-state index contributed by atoms with van der Waals surface area (Å²) in [6, 6.07) is 6.68. The molecule has 3 heteroatoms. The molecule has 0 amide bonds. The third-order valence-electron chi connectivity index (χ3n) is 3.78. The second-order valence-electron chi connectivity index (χ2n) is 5.30. The molecule has 1 unspecified atom stereocenters. The van der Waals surface area contributed by atoms with Gasteiger partial charge in [-0.2, -0.15) is 0 Å². The van der Waals surface area contributed by atoms with Crippen molar-refractivity contribution in [1.82, 2.24) is 0 Å². The summed E-state index contributed by atoms with van der Waals surface area (Å²) in [6.07, 6.45) is -1.16. The number of benzene rings is 2. The Hall–Kier alpha value is -1.74. The smallest absolute Gasteiger partial charge is 0.165 e. The van der Waals surface area contributed by atoms with E-state index in [1.807, 2.05) is 32.9 Å². The van der Waals surface area contributed by atoms with Gasteiger partial charge >= 0.3 is 0 Å². The Morgan fingerprint density at radius 3 is 2.00 bits per heavy atom. The molecule has 0 radical (unpaired) electrons. The van der Waals surface area contributed by atoms with Crippen LogP contribution < -0.4 is 0 Å². The van der Waals surface area contributed by atoms with Crippen LogP contribution in [0.4, 0.5) is 8.78 Å². The molecule has 0 aromatic heterocycles. The Bertz CT molecular complexity index is 661. The zero-order valence-electron chi connectivity index (χ0n) is 12.1. The highest BCUT2D eigenvalue weighted by Crippen LogP contribution is 2.30. The summed E-state index contributed by atoms with van der Waals surface area (Å²) >= 11 is 0. The maximum Gasteiger partial charge on any atom is 0.165 e. The van der Waals surface area contributed by atoms with E-state index in [0.717, 1.165) is 16.7 Å². The van der Waals surface area contributed by atoms with Gasteiger partial charge in [0.2, 0.25) is 0 Å². The zero-order chi connectivity index (χ0) is 15.0. The minimum Gasteiger partial charge on any atom is -0.384 e. The molecule has 0 fully saturated rings. The molecule has 1 atom stereocenters. The monoisotopic (exact) mass is 276 g/mol. The molecule has 1 nitrogen and oxygen atoms in total. The van der Waals surface area contributed by atoms with Crippen molar-refractivity contribution in [2.75, 3.05) is 0 Å². The molecule has 2 rings (SSSR count). The third kappa shape index (κ3) is 2.46. The van der Waals surface area contributed by atoms with Crippen molar-refractivity contribution in [2.45, 2.75) is 33.8 Å². The van der Waals surface area contributed by atoms with Gasteiger partial charge in [-0.1, -0.05) is 24.3 Å². The first-order chi connectivity index (χ1) is 9.32. The first-order valence-corrected chi connectivity index (χ1v) is 6.53. The standard InChI is InChI=1S/C17H18F2O/c1-9-5-6-13(16(19)15(9)18)17(20)14-8-11(3)10(2)7-12(14)4/h5-8,17,20H,1-4H3. The highest BCUT2D eigenvalue weighted by molar-refractivity contribution is 5.42. The van der Waals surface area contributed by atoms with Crippen LogP contribution in [0.5, 0.6) is 0 Å². The van der Waals surface area contributed by atoms with Gasteiger partial charge in [0, 0.05) is 5.56 Å². The number of aryl methyl sites for hydroxylation is 4. The Morgan fingerprint density at radius 1 is 0.750 bits per heavy atom. The Balaban J connectivity index is 2.55.